The number of anilines is 1. The van der Waals surface area contributed by atoms with Crippen molar-refractivity contribution in [1.82, 2.24) is 24.3 Å². The van der Waals surface area contributed by atoms with E-state index >= 15 is 0 Å². The first-order chi connectivity index (χ1) is 16.2. The molecule has 3 heterocycles. The Hall–Kier alpha value is -3.76. The van der Waals surface area contributed by atoms with Crippen LogP contribution in [0.3, 0.4) is 0 Å². The summed E-state index contributed by atoms with van der Waals surface area (Å²) in [5.74, 6) is 0.149. The number of nitrogens with zero attached hydrogens (tertiary/aromatic N) is 4. The number of H-pyrrole nitrogens is 1. The summed E-state index contributed by atoms with van der Waals surface area (Å²) in [4.78, 5) is 17.7. The number of aromatic nitrogens is 5. The number of pyridine rings is 1. The zero-order valence-electron chi connectivity index (χ0n) is 19.3. The largest absolute Gasteiger partial charge is 0.395 e. The zero-order chi connectivity index (χ0) is 24.6. The highest BCUT2D eigenvalue weighted by Gasteiger charge is 2.27. The van der Waals surface area contributed by atoms with E-state index in [1.807, 2.05) is 0 Å². The number of imidazole rings is 1. The first kappa shape index (κ1) is 23.4. The second kappa shape index (κ2) is 8.88. The molecule has 0 bridgehead atoms. The number of hydrogen-bond acceptors (Lipinski definition) is 6. The number of aromatic amines is 1. The van der Waals surface area contributed by atoms with Crippen LogP contribution in [0.5, 0.6) is 0 Å². The fourth-order valence-corrected chi connectivity index (χ4v) is 3.98. The van der Waals surface area contributed by atoms with Crippen molar-refractivity contribution in [2.45, 2.75) is 32.9 Å². The van der Waals surface area contributed by atoms with Crippen molar-refractivity contribution in [2.24, 2.45) is 0 Å². The molecule has 4 rings (SSSR count). The van der Waals surface area contributed by atoms with E-state index in [0.29, 0.717) is 33.8 Å². The number of nitrogens with one attached hydrogen (secondary N) is 2. The van der Waals surface area contributed by atoms with Crippen LogP contribution in [-0.4, -0.2) is 47.7 Å². The van der Waals surface area contributed by atoms with E-state index in [2.05, 4.69) is 27.1 Å². The molecule has 34 heavy (non-hydrogen) atoms. The number of hydrogen-bond donors (Lipinski definition) is 4. The number of fused-ring (bicyclic) bond motifs is 1. The van der Waals surface area contributed by atoms with Crippen LogP contribution in [0, 0.1) is 12.7 Å². The molecule has 4 aromatic rings. The Morgan fingerprint density at radius 1 is 1.29 bits per heavy atom. The molecule has 0 unspecified atom stereocenters. The van der Waals surface area contributed by atoms with Gasteiger partial charge in [-0.15, -0.1) is 0 Å². The molecule has 3 aromatic heterocycles. The van der Waals surface area contributed by atoms with Crippen LogP contribution < -0.4 is 11.0 Å². The average Bonchev–Trinajstić information content (AvgIpc) is 3.40. The lowest BCUT2D eigenvalue weighted by molar-refractivity contribution is 0.163. The fraction of sp³-hybridized carbons (Fsp3) is 0.292. The summed E-state index contributed by atoms with van der Waals surface area (Å²) < 4.78 is 17.7. The predicted octanol–water partition coefficient (Wildman–Crippen LogP) is 2.84. The summed E-state index contributed by atoms with van der Waals surface area (Å²) in [5.41, 5.74) is 2.35. The van der Waals surface area contributed by atoms with Gasteiger partial charge in [0, 0.05) is 29.1 Å². The summed E-state index contributed by atoms with van der Waals surface area (Å²) >= 11 is 0. The maximum Gasteiger partial charge on any atom is 0.330 e. The second-order valence-corrected chi connectivity index (χ2v) is 8.75. The van der Waals surface area contributed by atoms with E-state index < -0.39 is 11.4 Å². The van der Waals surface area contributed by atoms with Crippen molar-refractivity contribution in [3.8, 4) is 11.1 Å². The third-order valence-electron chi connectivity index (χ3n) is 5.82. The van der Waals surface area contributed by atoms with Gasteiger partial charge in [0.25, 0.3) is 0 Å². The monoisotopic (exact) mass is 466 g/mol. The van der Waals surface area contributed by atoms with E-state index in [4.69, 9.17) is 0 Å². The molecule has 9 nitrogen and oxygen atoms in total. The average molecular weight is 467 g/mol. The number of rotatable bonds is 8. The van der Waals surface area contributed by atoms with Crippen LogP contribution in [0.4, 0.5) is 10.2 Å². The Morgan fingerprint density at radius 3 is 2.71 bits per heavy atom. The molecule has 0 aliphatic rings. The Kier molecular flexibility index (Phi) is 6.11. The van der Waals surface area contributed by atoms with Gasteiger partial charge in [0.1, 0.15) is 11.6 Å². The Labute approximate surface area is 195 Å². The van der Waals surface area contributed by atoms with Gasteiger partial charge in [-0.25, -0.2) is 14.2 Å². The molecular formula is C24H27FN6O3. The summed E-state index contributed by atoms with van der Waals surface area (Å²) in [6, 6.07) is 6.60. The molecule has 10 heteroatoms. The molecule has 0 saturated heterocycles. The van der Waals surface area contributed by atoms with Crippen LogP contribution in [-0.2, 0) is 12.1 Å². The first-order valence-electron chi connectivity index (χ1n) is 10.8. The molecule has 0 atom stereocenters. The van der Waals surface area contributed by atoms with E-state index in [-0.39, 0.29) is 31.0 Å². The molecule has 0 fully saturated rings. The summed E-state index contributed by atoms with van der Waals surface area (Å²) in [7, 11) is 0. The molecule has 0 amide bonds. The highest BCUT2D eigenvalue weighted by Crippen LogP contribution is 2.31. The van der Waals surface area contributed by atoms with Crippen molar-refractivity contribution >= 4 is 22.7 Å². The lowest BCUT2D eigenvalue weighted by Gasteiger charge is -2.23. The van der Waals surface area contributed by atoms with E-state index in [1.54, 1.807) is 51.4 Å². The van der Waals surface area contributed by atoms with Gasteiger partial charge in [-0.05, 0) is 50.1 Å². The van der Waals surface area contributed by atoms with Crippen LogP contribution in [0.15, 0.2) is 48.0 Å². The molecule has 0 radical (unpaired) electrons. The third-order valence-corrected chi connectivity index (χ3v) is 5.82. The second-order valence-electron chi connectivity index (χ2n) is 8.75. The quantitative estimate of drug-likeness (QED) is 0.317. The highest BCUT2D eigenvalue weighted by molar-refractivity contribution is 5.83. The Balaban J connectivity index is 1.86. The van der Waals surface area contributed by atoms with Gasteiger partial charge in [-0.1, -0.05) is 6.58 Å². The van der Waals surface area contributed by atoms with Gasteiger partial charge in [-0.2, -0.15) is 5.10 Å². The molecule has 0 saturated carbocycles. The normalized spacial score (nSPS) is 11.8. The highest BCUT2D eigenvalue weighted by atomic mass is 19.1. The molecule has 4 N–H and O–H groups in total. The van der Waals surface area contributed by atoms with E-state index in [1.165, 1.54) is 15.2 Å². The molecular weight excluding hydrogens is 439 g/mol. The van der Waals surface area contributed by atoms with Gasteiger partial charge >= 0.3 is 5.69 Å². The lowest BCUT2D eigenvalue weighted by atomic mass is 9.97. The maximum atomic E-state index is 14.8. The van der Waals surface area contributed by atoms with Gasteiger partial charge in [0.05, 0.1) is 37.0 Å². The van der Waals surface area contributed by atoms with Crippen LogP contribution in [0.1, 0.15) is 25.0 Å². The minimum absolute atomic E-state index is 0.0769. The van der Waals surface area contributed by atoms with E-state index in [0.717, 1.165) is 5.56 Å². The van der Waals surface area contributed by atoms with Gasteiger partial charge in [-0.3, -0.25) is 14.2 Å². The zero-order valence-corrected chi connectivity index (χ0v) is 19.3. The summed E-state index contributed by atoms with van der Waals surface area (Å²) in [6.07, 6.45) is 3.19. The maximum absolute atomic E-state index is 14.8. The van der Waals surface area contributed by atoms with Gasteiger partial charge in [0.15, 0.2) is 5.65 Å². The van der Waals surface area contributed by atoms with Crippen molar-refractivity contribution in [3.05, 3.63) is 70.7 Å². The van der Waals surface area contributed by atoms with Crippen LogP contribution >= 0.6 is 0 Å². The standard InChI is InChI=1S/C24H27FN6O3/c1-14-9-19(25)18(15(2)28-21-5-6-27-29-21)11-17(14)16-10-20-22(26-12-16)31(24(3,4)13-33)23(34)30(20)7-8-32/h5-6,9-12,32-33H,2,7-8,13H2,1,3-4H3,(H2,27,28,29). The van der Waals surface area contributed by atoms with Crippen LogP contribution in [0.25, 0.3) is 28.0 Å². The Bertz CT molecular complexity index is 1420. The van der Waals surface area contributed by atoms with Crippen molar-refractivity contribution in [2.75, 3.05) is 18.5 Å². The number of aryl methyl sites for hydroxylation is 1. The van der Waals surface area contributed by atoms with E-state index in [9.17, 15) is 19.4 Å². The summed E-state index contributed by atoms with van der Waals surface area (Å²) in [5, 5.41) is 29.0. The minimum atomic E-state index is -0.889. The van der Waals surface area contributed by atoms with Gasteiger partial charge < -0.3 is 15.5 Å². The number of aliphatic hydroxyl groups is 2. The minimum Gasteiger partial charge on any atom is -0.395 e. The smallest absolute Gasteiger partial charge is 0.330 e. The van der Waals surface area contributed by atoms with Gasteiger partial charge in [0.2, 0.25) is 0 Å². The molecule has 0 aliphatic carbocycles. The molecule has 0 aliphatic heterocycles. The number of benzene rings is 1. The number of halogens is 1. The van der Waals surface area contributed by atoms with Crippen LogP contribution in [0.2, 0.25) is 0 Å². The lowest BCUT2D eigenvalue weighted by Crippen LogP contribution is -2.40. The first-order valence-corrected chi connectivity index (χ1v) is 10.8. The van der Waals surface area contributed by atoms with Crippen molar-refractivity contribution in [1.29, 1.82) is 0 Å². The Morgan fingerprint density at radius 2 is 2.06 bits per heavy atom. The molecule has 0 spiro atoms. The predicted molar refractivity (Wildman–Crippen MR) is 129 cm³/mol. The topological polar surface area (TPSA) is 121 Å². The molecule has 1 aromatic carbocycles. The third kappa shape index (κ3) is 4.02. The fourth-order valence-electron chi connectivity index (χ4n) is 3.98. The summed E-state index contributed by atoms with van der Waals surface area (Å²) in [6.45, 7) is 8.79. The molecule has 178 valence electrons. The number of aliphatic hydroxyl groups excluding tert-OH is 2. The SMILES string of the molecule is C=C(Nc1ccn[nH]1)c1cc(-c2cnc3c(c2)n(CCO)c(=O)n3C(C)(C)CO)c(C)cc1F. The van der Waals surface area contributed by atoms with Crippen molar-refractivity contribution in [3.63, 3.8) is 0 Å². The van der Waals surface area contributed by atoms with Crippen molar-refractivity contribution < 1.29 is 14.6 Å².